The van der Waals surface area contributed by atoms with Crippen molar-refractivity contribution in [3.05, 3.63) is 0 Å². The summed E-state index contributed by atoms with van der Waals surface area (Å²) in [5, 5.41) is 18.6. The minimum atomic E-state index is -0.413. The number of nitrogens with zero attached hydrogens (tertiary/aromatic N) is 2. The summed E-state index contributed by atoms with van der Waals surface area (Å²) in [4.78, 5) is 0. The summed E-state index contributed by atoms with van der Waals surface area (Å²) >= 11 is 1.26. The van der Waals surface area contributed by atoms with Crippen molar-refractivity contribution in [2.75, 3.05) is 12.3 Å². The predicted octanol–water partition coefficient (Wildman–Crippen LogP) is 1.19. The van der Waals surface area contributed by atoms with E-state index in [9.17, 15) is 5.11 Å². The Morgan fingerprint density at radius 2 is 2.06 bits per heavy atom. The smallest absolute Gasteiger partial charge is 0.295 e. The van der Waals surface area contributed by atoms with Crippen molar-refractivity contribution in [3.8, 4) is 5.19 Å². The average molecular weight is 241 g/mol. The van der Waals surface area contributed by atoms with E-state index in [4.69, 9.17) is 10.5 Å². The van der Waals surface area contributed by atoms with Crippen LogP contribution in [0.2, 0.25) is 0 Å². The second-order valence-corrected chi connectivity index (χ2v) is 6.07. The number of rotatable bonds is 3. The van der Waals surface area contributed by atoms with Crippen molar-refractivity contribution >= 4 is 16.5 Å². The lowest BCUT2D eigenvalue weighted by atomic mass is 9.85. The highest BCUT2D eigenvalue weighted by Gasteiger charge is 2.53. The van der Waals surface area contributed by atoms with Gasteiger partial charge in [-0.3, -0.25) is 0 Å². The molecule has 16 heavy (non-hydrogen) atoms. The zero-order valence-electron chi connectivity index (χ0n) is 8.98. The Morgan fingerprint density at radius 1 is 1.31 bits per heavy atom. The number of aliphatic hydroxyl groups is 1. The molecule has 3 rings (SSSR count). The number of fused-ring (bicyclic) bond motifs is 2. The summed E-state index contributed by atoms with van der Waals surface area (Å²) in [5.74, 6) is 0. The molecule has 1 aromatic heterocycles. The largest absolute Gasteiger partial charge is 0.468 e. The van der Waals surface area contributed by atoms with Crippen molar-refractivity contribution in [2.45, 2.75) is 37.7 Å². The lowest BCUT2D eigenvalue weighted by molar-refractivity contribution is 0.0520. The van der Waals surface area contributed by atoms with E-state index >= 15 is 0 Å². The van der Waals surface area contributed by atoms with E-state index in [0.717, 1.165) is 32.1 Å². The molecule has 6 heteroatoms. The van der Waals surface area contributed by atoms with Gasteiger partial charge in [0.05, 0.1) is 12.2 Å². The van der Waals surface area contributed by atoms with Crippen LogP contribution in [0, 0.1) is 5.41 Å². The maximum absolute atomic E-state index is 10.1. The van der Waals surface area contributed by atoms with E-state index in [-0.39, 0.29) is 5.41 Å². The first-order valence-electron chi connectivity index (χ1n) is 5.54. The predicted molar refractivity (Wildman–Crippen MR) is 60.3 cm³/mol. The second kappa shape index (κ2) is 3.30. The monoisotopic (exact) mass is 241 g/mol. The van der Waals surface area contributed by atoms with E-state index < -0.39 is 5.60 Å². The molecule has 2 aliphatic carbocycles. The zero-order chi connectivity index (χ0) is 11.2. The summed E-state index contributed by atoms with van der Waals surface area (Å²) in [7, 11) is 0. The standard InChI is InChI=1S/C10H15N3O2S/c11-7-12-13-8(16-7)15-6-9-1-3-10(14,5-9)4-2-9/h14H,1-6H2,(H2,11,12). The number of ether oxygens (including phenoxy) is 1. The summed E-state index contributed by atoms with van der Waals surface area (Å²) in [5.41, 5.74) is 5.23. The third-order valence-corrected chi connectivity index (χ3v) is 4.53. The van der Waals surface area contributed by atoms with Crippen LogP contribution in [0.5, 0.6) is 5.19 Å². The molecule has 2 fully saturated rings. The van der Waals surface area contributed by atoms with Gasteiger partial charge in [-0.25, -0.2) is 0 Å². The molecular formula is C10H15N3O2S. The van der Waals surface area contributed by atoms with Gasteiger partial charge in [0.15, 0.2) is 0 Å². The molecule has 0 aliphatic heterocycles. The molecular weight excluding hydrogens is 226 g/mol. The SMILES string of the molecule is Nc1nnc(OCC23CCC(O)(CC2)C3)s1. The topological polar surface area (TPSA) is 81.3 Å². The molecule has 0 atom stereocenters. The van der Waals surface area contributed by atoms with Gasteiger partial charge in [-0.05, 0) is 43.4 Å². The summed E-state index contributed by atoms with van der Waals surface area (Å²) < 4.78 is 5.63. The zero-order valence-corrected chi connectivity index (χ0v) is 9.79. The molecule has 0 saturated heterocycles. The van der Waals surface area contributed by atoms with Gasteiger partial charge in [-0.1, -0.05) is 5.10 Å². The van der Waals surface area contributed by atoms with Crippen LogP contribution in [-0.4, -0.2) is 27.5 Å². The molecule has 1 heterocycles. The minimum absolute atomic E-state index is 0.162. The first-order valence-corrected chi connectivity index (χ1v) is 6.35. The maximum Gasteiger partial charge on any atom is 0.295 e. The third-order valence-electron chi connectivity index (χ3n) is 3.87. The Hall–Kier alpha value is -0.880. The Bertz CT molecular complexity index is 399. The second-order valence-electron chi connectivity index (χ2n) is 5.10. The first-order chi connectivity index (χ1) is 7.59. The quantitative estimate of drug-likeness (QED) is 0.831. The van der Waals surface area contributed by atoms with E-state index in [2.05, 4.69) is 10.2 Å². The van der Waals surface area contributed by atoms with E-state index in [1.165, 1.54) is 11.3 Å². The molecule has 0 amide bonds. The van der Waals surface area contributed by atoms with Gasteiger partial charge in [0, 0.05) is 5.41 Å². The Labute approximate surface area is 97.6 Å². The fourth-order valence-electron chi connectivity index (χ4n) is 2.99. The lowest BCUT2D eigenvalue weighted by Gasteiger charge is -2.25. The highest BCUT2D eigenvalue weighted by atomic mass is 32.1. The molecule has 5 nitrogen and oxygen atoms in total. The Kier molecular flexibility index (Phi) is 2.12. The minimum Gasteiger partial charge on any atom is -0.468 e. The van der Waals surface area contributed by atoms with Gasteiger partial charge >= 0.3 is 0 Å². The summed E-state index contributed by atoms with van der Waals surface area (Å²) in [6.07, 6.45) is 4.80. The van der Waals surface area contributed by atoms with E-state index in [1.807, 2.05) is 0 Å². The highest BCUT2D eigenvalue weighted by molar-refractivity contribution is 7.16. The van der Waals surface area contributed by atoms with Crippen molar-refractivity contribution in [1.29, 1.82) is 0 Å². The van der Waals surface area contributed by atoms with Gasteiger partial charge < -0.3 is 15.6 Å². The van der Waals surface area contributed by atoms with Crippen molar-refractivity contribution in [3.63, 3.8) is 0 Å². The fraction of sp³-hybridized carbons (Fsp3) is 0.800. The molecule has 0 aromatic carbocycles. The highest BCUT2D eigenvalue weighted by Crippen LogP contribution is 2.56. The van der Waals surface area contributed by atoms with Crippen LogP contribution in [0.3, 0.4) is 0 Å². The molecule has 2 saturated carbocycles. The average Bonchev–Trinajstić information content (AvgIpc) is 2.88. The Balaban J connectivity index is 1.64. The van der Waals surface area contributed by atoms with Crippen LogP contribution >= 0.6 is 11.3 Å². The molecule has 2 bridgehead atoms. The van der Waals surface area contributed by atoms with Crippen molar-refractivity contribution in [1.82, 2.24) is 10.2 Å². The molecule has 88 valence electrons. The lowest BCUT2D eigenvalue weighted by Crippen LogP contribution is -2.23. The van der Waals surface area contributed by atoms with E-state index in [0.29, 0.717) is 16.9 Å². The molecule has 2 aliphatic rings. The number of anilines is 1. The number of aromatic nitrogens is 2. The summed E-state index contributed by atoms with van der Waals surface area (Å²) in [6, 6.07) is 0. The summed E-state index contributed by atoms with van der Waals surface area (Å²) in [6.45, 7) is 0.629. The number of nitrogens with two attached hydrogens (primary N) is 1. The first kappa shape index (κ1) is 10.3. The van der Waals surface area contributed by atoms with Crippen LogP contribution < -0.4 is 10.5 Å². The normalized spacial score (nSPS) is 36.8. The van der Waals surface area contributed by atoms with Crippen LogP contribution in [0.25, 0.3) is 0 Å². The van der Waals surface area contributed by atoms with Gasteiger partial charge in [0.25, 0.3) is 5.19 Å². The molecule has 0 spiro atoms. The third kappa shape index (κ3) is 1.66. The van der Waals surface area contributed by atoms with Crippen LogP contribution in [0.4, 0.5) is 5.13 Å². The molecule has 1 aromatic rings. The Morgan fingerprint density at radius 3 is 2.56 bits per heavy atom. The number of hydrogen-bond donors (Lipinski definition) is 2. The molecule has 3 N–H and O–H groups in total. The van der Waals surface area contributed by atoms with Crippen molar-refractivity contribution < 1.29 is 9.84 Å². The van der Waals surface area contributed by atoms with Crippen LogP contribution in [0.1, 0.15) is 32.1 Å². The van der Waals surface area contributed by atoms with Gasteiger partial charge in [-0.2, -0.15) is 0 Å². The molecule has 0 unspecified atom stereocenters. The van der Waals surface area contributed by atoms with Crippen molar-refractivity contribution in [2.24, 2.45) is 5.41 Å². The van der Waals surface area contributed by atoms with Gasteiger partial charge in [0.1, 0.15) is 0 Å². The van der Waals surface area contributed by atoms with Gasteiger partial charge in [-0.15, -0.1) is 5.10 Å². The maximum atomic E-state index is 10.1. The van der Waals surface area contributed by atoms with Gasteiger partial charge in [0.2, 0.25) is 5.13 Å². The number of hydrogen-bond acceptors (Lipinski definition) is 6. The molecule has 0 radical (unpaired) electrons. The fourth-order valence-corrected chi connectivity index (χ4v) is 3.45. The van der Waals surface area contributed by atoms with Crippen LogP contribution in [-0.2, 0) is 0 Å². The van der Waals surface area contributed by atoms with Crippen LogP contribution in [0.15, 0.2) is 0 Å². The van der Waals surface area contributed by atoms with E-state index in [1.54, 1.807) is 0 Å². The number of nitrogen functional groups attached to an aromatic ring is 1.